The number of hydrogen-bond donors (Lipinski definition) is 0. The van der Waals surface area contributed by atoms with Gasteiger partial charge in [-0.1, -0.05) is 6.07 Å². The van der Waals surface area contributed by atoms with E-state index >= 15 is 0 Å². The Balaban J connectivity index is 1.87. The maximum Gasteiger partial charge on any atom is 0.231 e. The molecular weight excluding hydrogens is 348 g/mol. The van der Waals surface area contributed by atoms with Crippen molar-refractivity contribution in [3.63, 3.8) is 0 Å². The van der Waals surface area contributed by atoms with Gasteiger partial charge >= 0.3 is 0 Å². The van der Waals surface area contributed by atoms with Gasteiger partial charge in [-0.3, -0.25) is 0 Å². The molecule has 0 fully saturated rings. The maximum atomic E-state index is 5.49. The van der Waals surface area contributed by atoms with Gasteiger partial charge in [-0.15, -0.1) is 0 Å². The molecule has 7 heteroatoms. The first-order valence-electron chi connectivity index (χ1n) is 8.25. The molecule has 2 heterocycles. The Morgan fingerprint density at radius 1 is 0.852 bits per heavy atom. The summed E-state index contributed by atoms with van der Waals surface area (Å²) >= 11 is 0. The Morgan fingerprint density at radius 3 is 2.30 bits per heavy atom. The zero-order chi connectivity index (χ0) is 18.8. The fourth-order valence-corrected chi connectivity index (χ4v) is 3.05. The average molecular weight is 366 g/mol. The van der Waals surface area contributed by atoms with Crippen LogP contribution in [0.5, 0.6) is 28.7 Å². The lowest BCUT2D eigenvalue weighted by atomic mass is 10.00. The van der Waals surface area contributed by atoms with Gasteiger partial charge in [-0.05, 0) is 29.8 Å². The number of hydrogen-bond acceptors (Lipinski definition) is 7. The first-order chi connectivity index (χ1) is 13.2. The Hall–Kier alpha value is -3.48. The quantitative estimate of drug-likeness (QED) is 0.683. The lowest BCUT2D eigenvalue weighted by Crippen LogP contribution is -1.97. The molecule has 0 amide bonds. The second kappa shape index (κ2) is 7.03. The highest BCUT2D eigenvalue weighted by atomic mass is 16.7. The second-order valence-electron chi connectivity index (χ2n) is 5.77. The molecule has 0 spiro atoms. The molecule has 0 bridgehead atoms. The molecule has 0 radical (unpaired) electrons. The molecule has 27 heavy (non-hydrogen) atoms. The summed E-state index contributed by atoms with van der Waals surface area (Å²) in [5, 5.41) is 0. The molecule has 1 aromatic heterocycles. The number of ether oxygens (including phenoxy) is 5. The summed E-state index contributed by atoms with van der Waals surface area (Å²) in [5.74, 6) is 3.07. The van der Waals surface area contributed by atoms with Gasteiger partial charge in [0.25, 0.3) is 0 Å². The van der Waals surface area contributed by atoms with Gasteiger partial charge in [0.1, 0.15) is 6.33 Å². The van der Waals surface area contributed by atoms with E-state index in [9.17, 15) is 0 Å². The van der Waals surface area contributed by atoms with Gasteiger partial charge in [-0.25, -0.2) is 9.97 Å². The van der Waals surface area contributed by atoms with Crippen LogP contribution in [0.2, 0.25) is 0 Å². The van der Waals surface area contributed by atoms with Crippen molar-refractivity contribution in [2.75, 3.05) is 28.1 Å². The lowest BCUT2D eigenvalue weighted by molar-refractivity contribution is 0.174. The third kappa shape index (κ3) is 2.97. The molecule has 0 N–H and O–H groups in total. The number of nitrogens with zero attached hydrogens (tertiary/aromatic N) is 2. The van der Waals surface area contributed by atoms with E-state index in [1.165, 1.54) is 6.33 Å². The van der Waals surface area contributed by atoms with E-state index in [1.807, 2.05) is 30.3 Å². The lowest BCUT2D eigenvalue weighted by Gasteiger charge is -2.15. The van der Waals surface area contributed by atoms with Crippen molar-refractivity contribution in [1.29, 1.82) is 0 Å². The van der Waals surface area contributed by atoms with E-state index in [2.05, 4.69) is 9.97 Å². The van der Waals surface area contributed by atoms with Gasteiger partial charge < -0.3 is 23.7 Å². The molecule has 7 nitrogen and oxygen atoms in total. The number of rotatable bonds is 5. The molecule has 1 aliphatic rings. The number of methoxy groups -OCH3 is 3. The van der Waals surface area contributed by atoms with Gasteiger partial charge in [0.05, 0.1) is 27.0 Å². The van der Waals surface area contributed by atoms with Crippen molar-refractivity contribution >= 4 is 0 Å². The summed E-state index contributed by atoms with van der Waals surface area (Å²) in [7, 11) is 4.74. The first kappa shape index (κ1) is 17.0. The smallest absolute Gasteiger partial charge is 0.231 e. The summed E-state index contributed by atoms with van der Waals surface area (Å²) in [6, 6.07) is 9.47. The minimum absolute atomic E-state index is 0.226. The van der Waals surface area contributed by atoms with E-state index in [1.54, 1.807) is 27.5 Å². The van der Waals surface area contributed by atoms with Crippen molar-refractivity contribution in [3.05, 3.63) is 42.9 Å². The van der Waals surface area contributed by atoms with Crippen LogP contribution in [0.4, 0.5) is 0 Å². The highest BCUT2D eigenvalue weighted by Gasteiger charge is 2.19. The van der Waals surface area contributed by atoms with E-state index in [0.29, 0.717) is 23.0 Å². The van der Waals surface area contributed by atoms with Crippen molar-refractivity contribution in [3.8, 4) is 51.1 Å². The molecule has 138 valence electrons. The summed E-state index contributed by atoms with van der Waals surface area (Å²) < 4.78 is 27.2. The van der Waals surface area contributed by atoms with E-state index in [0.717, 1.165) is 28.1 Å². The van der Waals surface area contributed by atoms with Crippen molar-refractivity contribution in [1.82, 2.24) is 9.97 Å². The normalized spacial score (nSPS) is 12.0. The Morgan fingerprint density at radius 2 is 1.59 bits per heavy atom. The van der Waals surface area contributed by atoms with E-state index < -0.39 is 0 Å². The van der Waals surface area contributed by atoms with Crippen LogP contribution in [0.3, 0.4) is 0 Å². The molecule has 1 aliphatic heterocycles. The van der Waals surface area contributed by atoms with Crippen molar-refractivity contribution < 1.29 is 23.7 Å². The number of benzene rings is 2. The van der Waals surface area contributed by atoms with Crippen LogP contribution in [0.15, 0.2) is 42.9 Å². The standard InChI is InChI=1S/C20H18N2O5/c1-23-17-7-13(8-18(24-2)20(17)25-3)19-14(9-21-10-22-19)12-4-5-15-16(6-12)27-11-26-15/h4-10H,11H2,1-3H3. The van der Waals surface area contributed by atoms with E-state index in [4.69, 9.17) is 23.7 Å². The fraction of sp³-hybridized carbons (Fsp3) is 0.200. The van der Waals surface area contributed by atoms with Crippen LogP contribution in [-0.4, -0.2) is 38.1 Å². The Bertz CT molecular complexity index is 965. The highest BCUT2D eigenvalue weighted by Crippen LogP contribution is 2.43. The monoisotopic (exact) mass is 366 g/mol. The minimum Gasteiger partial charge on any atom is -0.493 e. The molecule has 0 saturated heterocycles. The molecule has 3 aromatic rings. The third-order valence-corrected chi connectivity index (χ3v) is 4.33. The van der Waals surface area contributed by atoms with Crippen molar-refractivity contribution in [2.24, 2.45) is 0 Å². The fourth-order valence-electron chi connectivity index (χ4n) is 3.05. The zero-order valence-corrected chi connectivity index (χ0v) is 15.2. The van der Waals surface area contributed by atoms with Crippen LogP contribution in [-0.2, 0) is 0 Å². The maximum absolute atomic E-state index is 5.49. The van der Waals surface area contributed by atoms with Gasteiger partial charge in [0.15, 0.2) is 23.0 Å². The van der Waals surface area contributed by atoms with Crippen LogP contribution < -0.4 is 23.7 Å². The Kier molecular flexibility index (Phi) is 4.42. The molecular formula is C20H18N2O5. The SMILES string of the molecule is COc1cc(-c2ncncc2-c2ccc3c(c2)OCO3)cc(OC)c1OC. The summed E-state index contributed by atoms with van der Waals surface area (Å²) in [5.41, 5.74) is 3.33. The molecule has 0 atom stereocenters. The van der Waals surface area contributed by atoms with Crippen LogP contribution >= 0.6 is 0 Å². The van der Waals surface area contributed by atoms with Crippen molar-refractivity contribution in [2.45, 2.75) is 0 Å². The topological polar surface area (TPSA) is 71.9 Å². The number of fused-ring (bicyclic) bond motifs is 1. The second-order valence-corrected chi connectivity index (χ2v) is 5.77. The predicted molar refractivity (Wildman–Crippen MR) is 98.7 cm³/mol. The highest BCUT2D eigenvalue weighted by molar-refractivity contribution is 5.83. The molecule has 0 saturated carbocycles. The van der Waals surface area contributed by atoms with Gasteiger partial charge in [0.2, 0.25) is 12.5 Å². The minimum atomic E-state index is 0.226. The molecule has 0 aliphatic carbocycles. The van der Waals surface area contributed by atoms with Crippen LogP contribution in [0.25, 0.3) is 22.4 Å². The number of aromatic nitrogens is 2. The summed E-state index contributed by atoms with van der Waals surface area (Å²) in [4.78, 5) is 8.68. The predicted octanol–water partition coefficient (Wildman–Crippen LogP) is 3.57. The van der Waals surface area contributed by atoms with Gasteiger partial charge in [0, 0.05) is 17.3 Å². The zero-order valence-electron chi connectivity index (χ0n) is 15.2. The summed E-state index contributed by atoms with van der Waals surface area (Å²) in [6.45, 7) is 0.226. The largest absolute Gasteiger partial charge is 0.493 e. The van der Waals surface area contributed by atoms with Gasteiger partial charge in [-0.2, -0.15) is 0 Å². The molecule has 0 unspecified atom stereocenters. The van der Waals surface area contributed by atoms with Crippen LogP contribution in [0.1, 0.15) is 0 Å². The van der Waals surface area contributed by atoms with E-state index in [-0.39, 0.29) is 6.79 Å². The Labute approximate surface area is 156 Å². The first-order valence-corrected chi connectivity index (χ1v) is 8.25. The summed E-state index contributed by atoms with van der Waals surface area (Å²) in [6.07, 6.45) is 3.28. The molecule has 4 rings (SSSR count). The third-order valence-electron chi connectivity index (χ3n) is 4.33. The van der Waals surface area contributed by atoms with Crippen LogP contribution in [0, 0.1) is 0 Å². The molecule has 2 aromatic carbocycles. The average Bonchev–Trinajstić information content (AvgIpc) is 3.20.